The van der Waals surface area contributed by atoms with Crippen molar-refractivity contribution >= 4 is 6.09 Å². The lowest BCUT2D eigenvalue weighted by atomic mass is 9.82. The van der Waals surface area contributed by atoms with E-state index in [9.17, 15) is 4.79 Å². The second-order valence-electron chi connectivity index (χ2n) is 8.25. The molecular formula is C20H25N5O2. The van der Waals surface area contributed by atoms with Crippen molar-refractivity contribution in [1.82, 2.24) is 24.8 Å². The van der Waals surface area contributed by atoms with Crippen LogP contribution in [0.2, 0.25) is 0 Å². The Kier molecular flexibility index (Phi) is 4.32. The van der Waals surface area contributed by atoms with Crippen molar-refractivity contribution in [3.05, 3.63) is 35.5 Å². The summed E-state index contributed by atoms with van der Waals surface area (Å²) < 4.78 is 5.69. The largest absolute Gasteiger partial charge is 0.444 e. The minimum Gasteiger partial charge on any atom is -0.444 e. The van der Waals surface area contributed by atoms with Gasteiger partial charge in [0.25, 0.3) is 0 Å². The number of piperidine rings is 1. The fraction of sp³-hybridized carbons (Fsp3) is 0.550. The summed E-state index contributed by atoms with van der Waals surface area (Å²) in [7, 11) is 0. The molecule has 7 heteroatoms. The Balaban J connectivity index is 1.79. The molecule has 2 aliphatic heterocycles. The Morgan fingerprint density at radius 2 is 1.93 bits per heavy atom. The topological polar surface area (TPSA) is 81.1 Å². The van der Waals surface area contributed by atoms with E-state index in [-0.39, 0.29) is 18.2 Å². The molecular weight excluding hydrogens is 342 g/mol. The number of nitrogens with zero attached hydrogens (tertiary/aromatic N) is 5. The minimum absolute atomic E-state index is 0.0773. The van der Waals surface area contributed by atoms with Gasteiger partial charge in [0.05, 0.1) is 11.7 Å². The van der Waals surface area contributed by atoms with Gasteiger partial charge in [0.1, 0.15) is 17.1 Å². The summed E-state index contributed by atoms with van der Waals surface area (Å²) in [4.78, 5) is 33.0. The summed E-state index contributed by atoms with van der Waals surface area (Å²) in [6, 6.07) is 1.81. The number of amides is 1. The molecule has 142 valence electrons. The molecule has 4 heterocycles. The van der Waals surface area contributed by atoms with Gasteiger partial charge in [-0.2, -0.15) is 0 Å². The summed E-state index contributed by atoms with van der Waals surface area (Å²) in [5.74, 6) is 1.28. The highest BCUT2D eigenvalue weighted by Crippen LogP contribution is 2.43. The summed E-state index contributed by atoms with van der Waals surface area (Å²) in [5.41, 5.74) is 2.27. The highest BCUT2D eigenvalue weighted by atomic mass is 16.6. The number of aromatic nitrogens is 4. The zero-order chi connectivity index (χ0) is 19.2. The van der Waals surface area contributed by atoms with Crippen molar-refractivity contribution in [2.75, 3.05) is 0 Å². The molecule has 2 aromatic heterocycles. The van der Waals surface area contributed by atoms with Crippen LogP contribution in [0.3, 0.4) is 0 Å². The summed E-state index contributed by atoms with van der Waals surface area (Å²) in [6.45, 7) is 7.57. The molecule has 27 heavy (non-hydrogen) atoms. The Bertz CT molecular complexity index is 863. The summed E-state index contributed by atoms with van der Waals surface area (Å²) in [5, 5.41) is 0. The molecule has 2 aromatic rings. The van der Waals surface area contributed by atoms with Gasteiger partial charge in [-0.3, -0.25) is 4.90 Å². The van der Waals surface area contributed by atoms with Gasteiger partial charge in [0.15, 0.2) is 5.82 Å². The molecule has 1 fully saturated rings. The third-order valence-corrected chi connectivity index (χ3v) is 5.03. The molecule has 4 rings (SSSR count). The van der Waals surface area contributed by atoms with E-state index in [1.54, 1.807) is 18.5 Å². The van der Waals surface area contributed by atoms with Gasteiger partial charge >= 0.3 is 6.09 Å². The van der Waals surface area contributed by atoms with Crippen LogP contribution in [-0.4, -0.2) is 42.6 Å². The summed E-state index contributed by atoms with van der Waals surface area (Å²) in [6.07, 6.45) is 6.82. The van der Waals surface area contributed by atoms with E-state index in [1.807, 2.05) is 32.6 Å². The molecule has 0 aromatic carbocycles. The van der Waals surface area contributed by atoms with E-state index in [1.165, 1.54) is 0 Å². The lowest BCUT2D eigenvalue weighted by molar-refractivity contribution is -0.0105. The molecule has 0 aliphatic carbocycles. The van der Waals surface area contributed by atoms with Gasteiger partial charge in [-0.1, -0.05) is 0 Å². The van der Waals surface area contributed by atoms with E-state index in [0.717, 1.165) is 36.2 Å². The maximum atomic E-state index is 12.9. The molecule has 1 amide bonds. The molecule has 2 atom stereocenters. The number of rotatable bonds is 1. The number of carbonyl (C=O) groups excluding carboxylic acids is 1. The maximum absolute atomic E-state index is 12.9. The van der Waals surface area contributed by atoms with Crippen molar-refractivity contribution in [1.29, 1.82) is 0 Å². The van der Waals surface area contributed by atoms with Crippen molar-refractivity contribution < 1.29 is 9.53 Å². The lowest BCUT2D eigenvalue weighted by Gasteiger charge is -2.46. The monoisotopic (exact) mass is 367 g/mol. The fourth-order valence-electron chi connectivity index (χ4n) is 4.08. The fourth-order valence-corrected chi connectivity index (χ4v) is 4.08. The molecule has 2 unspecified atom stereocenters. The first-order valence-corrected chi connectivity index (χ1v) is 9.49. The highest BCUT2D eigenvalue weighted by molar-refractivity contribution is 5.71. The predicted octanol–water partition coefficient (Wildman–Crippen LogP) is 3.63. The zero-order valence-electron chi connectivity index (χ0n) is 16.3. The van der Waals surface area contributed by atoms with Crippen LogP contribution in [0.1, 0.15) is 63.2 Å². The number of aryl methyl sites for hydroxylation is 1. The van der Waals surface area contributed by atoms with Gasteiger partial charge in [-0.15, -0.1) is 0 Å². The Labute approximate surface area is 159 Å². The van der Waals surface area contributed by atoms with Crippen LogP contribution in [-0.2, 0) is 11.2 Å². The van der Waals surface area contributed by atoms with E-state index in [4.69, 9.17) is 9.72 Å². The molecule has 0 radical (unpaired) electrons. The molecule has 0 spiro atoms. The van der Waals surface area contributed by atoms with Crippen molar-refractivity contribution in [3.8, 4) is 11.5 Å². The predicted molar refractivity (Wildman–Crippen MR) is 100.0 cm³/mol. The van der Waals surface area contributed by atoms with Gasteiger partial charge in [-0.05, 0) is 59.4 Å². The number of hydrogen-bond donors (Lipinski definition) is 0. The van der Waals surface area contributed by atoms with Crippen LogP contribution in [0.25, 0.3) is 11.5 Å². The van der Waals surface area contributed by atoms with Crippen molar-refractivity contribution in [3.63, 3.8) is 0 Å². The van der Waals surface area contributed by atoms with E-state index in [2.05, 4.69) is 15.0 Å². The van der Waals surface area contributed by atoms with Crippen molar-refractivity contribution in [2.45, 2.75) is 71.1 Å². The third-order valence-electron chi connectivity index (χ3n) is 5.03. The Morgan fingerprint density at radius 3 is 2.63 bits per heavy atom. The molecule has 2 aliphatic rings. The molecule has 0 saturated carbocycles. The second-order valence-corrected chi connectivity index (χ2v) is 8.25. The van der Waals surface area contributed by atoms with Gasteiger partial charge in [0, 0.05) is 24.0 Å². The van der Waals surface area contributed by atoms with Crippen LogP contribution < -0.4 is 0 Å². The molecule has 7 nitrogen and oxygen atoms in total. The van der Waals surface area contributed by atoms with E-state index < -0.39 is 5.60 Å². The normalized spacial score (nSPS) is 21.6. The third kappa shape index (κ3) is 3.38. The maximum Gasteiger partial charge on any atom is 0.411 e. The van der Waals surface area contributed by atoms with Gasteiger partial charge in [0.2, 0.25) is 0 Å². The quantitative estimate of drug-likeness (QED) is 0.765. The average Bonchev–Trinajstić information content (AvgIpc) is 2.61. The first-order valence-electron chi connectivity index (χ1n) is 9.49. The Morgan fingerprint density at radius 1 is 1.19 bits per heavy atom. The molecule has 2 bridgehead atoms. The van der Waals surface area contributed by atoms with E-state index in [0.29, 0.717) is 18.1 Å². The number of carbonyl (C=O) groups is 1. The SMILES string of the molecule is Cc1nc(-c2ncccn2)c2c(n1)C1CCCC(C2)N1C(=O)OC(C)(C)C. The first kappa shape index (κ1) is 17.8. The van der Waals surface area contributed by atoms with Crippen LogP contribution in [0.4, 0.5) is 4.79 Å². The second kappa shape index (κ2) is 6.55. The van der Waals surface area contributed by atoms with Crippen LogP contribution in [0.15, 0.2) is 18.5 Å². The minimum atomic E-state index is -0.518. The highest BCUT2D eigenvalue weighted by Gasteiger charge is 2.44. The molecule has 1 saturated heterocycles. The Hall–Kier alpha value is -2.57. The average molecular weight is 367 g/mol. The van der Waals surface area contributed by atoms with Crippen molar-refractivity contribution in [2.24, 2.45) is 0 Å². The van der Waals surface area contributed by atoms with Crippen LogP contribution >= 0.6 is 0 Å². The summed E-state index contributed by atoms with van der Waals surface area (Å²) >= 11 is 0. The number of ether oxygens (including phenoxy) is 1. The number of fused-ring (bicyclic) bond motifs is 4. The molecule has 0 N–H and O–H groups in total. The van der Waals surface area contributed by atoms with Gasteiger partial charge < -0.3 is 4.74 Å². The smallest absolute Gasteiger partial charge is 0.411 e. The van der Waals surface area contributed by atoms with Crippen LogP contribution in [0, 0.1) is 6.92 Å². The lowest BCUT2D eigenvalue weighted by Crippen LogP contribution is -2.51. The number of hydrogen-bond acceptors (Lipinski definition) is 6. The van der Waals surface area contributed by atoms with Gasteiger partial charge in [-0.25, -0.2) is 24.7 Å². The van der Waals surface area contributed by atoms with E-state index >= 15 is 0 Å². The standard InChI is InChI=1S/C20H25N5O2/c1-12-23-16-14(17(24-12)18-21-9-6-10-22-18)11-13-7-5-8-15(16)25(13)19(26)27-20(2,3)4/h6,9-10,13,15H,5,7-8,11H2,1-4H3. The first-order chi connectivity index (χ1) is 12.8. The van der Waals surface area contributed by atoms with Crippen LogP contribution in [0.5, 0.6) is 0 Å². The zero-order valence-corrected chi connectivity index (χ0v) is 16.3.